The van der Waals surface area contributed by atoms with Crippen LogP contribution < -0.4 is 4.74 Å². The van der Waals surface area contributed by atoms with Crippen molar-refractivity contribution in [1.29, 1.82) is 0 Å². The molecule has 0 bridgehead atoms. The number of rotatable bonds is 9. The SMILES string of the molecule is COc1ccc(C(O)CCc2cn(C(c3ccccc3)(c3ccccc3)c3ccccc3)cn2)c(Cl)n1. The minimum absolute atomic E-state index is 0.244. The molecule has 5 nitrogen and oxygen atoms in total. The summed E-state index contributed by atoms with van der Waals surface area (Å²) in [4.78, 5) is 8.93. The van der Waals surface area contributed by atoms with Crippen molar-refractivity contribution in [3.05, 3.63) is 149 Å². The number of halogens is 1. The summed E-state index contributed by atoms with van der Waals surface area (Å²) in [6.45, 7) is 0. The van der Waals surface area contributed by atoms with Crippen molar-refractivity contribution in [3.63, 3.8) is 0 Å². The first kappa shape index (κ1) is 24.8. The normalized spacial score (nSPS) is 12.3. The molecule has 6 heteroatoms. The predicted molar refractivity (Wildman–Crippen MR) is 146 cm³/mol. The summed E-state index contributed by atoms with van der Waals surface area (Å²) in [7, 11) is 1.53. The van der Waals surface area contributed by atoms with Gasteiger partial charge in [-0.05, 0) is 35.6 Å². The molecule has 1 atom stereocenters. The Kier molecular flexibility index (Phi) is 7.35. The second-order valence-electron chi connectivity index (χ2n) is 8.87. The van der Waals surface area contributed by atoms with Crippen molar-refractivity contribution in [1.82, 2.24) is 14.5 Å². The maximum atomic E-state index is 10.8. The van der Waals surface area contributed by atoms with E-state index in [9.17, 15) is 5.11 Å². The summed E-state index contributed by atoms with van der Waals surface area (Å²) in [5.74, 6) is 0.416. The van der Waals surface area contributed by atoms with Crippen molar-refractivity contribution >= 4 is 11.6 Å². The number of aryl methyl sites for hydroxylation is 1. The van der Waals surface area contributed by atoms with Gasteiger partial charge >= 0.3 is 0 Å². The van der Waals surface area contributed by atoms with E-state index < -0.39 is 11.6 Å². The second-order valence-corrected chi connectivity index (χ2v) is 9.23. The third kappa shape index (κ3) is 4.88. The van der Waals surface area contributed by atoms with Gasteiger partial charge in [0.15, 0.2) is 0 Å². The molecule has 0 radical (unpaired) electrons. The van der Waals surface area contributed by atoms with Crippen LogP contribution >= 0.6 is 11.6 Å². The maximum Gasteiger partial charge on any atom is 0.214 e. The van der Waals surface area contributed by atoms with Crippen molar-refractivity contribution in [2.24, 2.45) is 0 Å². The molecular formula is C31H28ClN3O2. The van der Waals surface area contributed by atoms with Crippen molar-refractivity contribution < 1.29 is 9.84 Å². The number of imidazole rings is 1. The molecule has 0 aliphatic rings. The summed E-state index contributed by atoms with van der Waals surface area (Å²) in [6, 6.07) is 34.9. The van der Waals surface area contributed by atoms with Gasteiger partial charge in [0, 0.05) is 17.8 Å². The molecule has 5 aromatic rings. The van der Waals surface area contributed by atoms with E-state index >= 15 is 0 Å². The van der Waals surface area contributed by atoms with Gasteiger partial charge < -0.3 is 14.4 Å². The number of hydrogen-bond acceptors (Lipinski definition) is 4. The summed E-state index contributed by atoms with van der Waals surface area (Å²) < 4.78 is 7.29. The van der Waals surface area contributed by atoms with E-state index in [1.165, 1.54) is 7.11 Å². The van der Waals surface area contributed by atoms with Crippen LogP contribution in [-0.4, -0.2) is 26.8 Å². The lowest BCUT2D eigenvalue weighted by molar-refractivity contribution is 0.167. The molecule has 37 heavy (non-hydrogen) atoms. The number of nitrogens with zero attached hydrogens (tertiary/aromatic N) is 3. The fraction of sp³-hybridized carbons (Fsp3) is 0.161. The highest BCUT2D eigenvalue weighted by Gasteiger charge is 2.38. The topological polar surface area (TPSA) is 60.2 Å². The van der Waals surface area contributed by atoms with Gasteiger partial charge in [0.1, 0.15) is 10.7 Å². The highest BCUT2D eigenvalue weighted by atomic mass is 35.5. The first-order valence-corrected chi connectivity index (χ1v) is 12.6. The van der Waals surface area contributed by atoms with E-state index in [2.05, 4.69) is 88.5 Å². The molecule has 1 N–H and O–H groups in total. The highest BCUT2D eigenvalue weighted by Crippen LogP contribution is 2.41. The van der Waals surface area contributed by atoms with Crippen LogP contribution in [0, 0.1) is 0 Å². The molecule has 0 aliphatic heterocycles. The molecule has 0 saturated carbocycles. The lowest BCUT2D eigenvalue weighted by Crippen LogP contribution is -2.36. The van der Waals surface area contributed by atoms with Crippen LogP contribution in [0.15, 0.2) is 116 Å². The van der Waals surface area contributed by atoms with E-state index in [0.717, 1.165) is 22.4 Å². The van der Waals surface area contributed by atoms with Gasteiger partial charge in [-0.2, -0.15) is 0 Å². The number of aromatic nitrogens is 3. The van der Waals surface area contributed by atoms with E-state index in [0.29, 0.717) is 24.3 Å². The van der Waals surface area contributed by atoms with Crippen LogP contribution in [0.2, 0.25) is 5.15 Å². The lowest BCUT2D eigenvalue weighted by Gasteiger charge is -2.37. The predicted octanol–water partition coefficient (Wildman–Crippen LogP) is 6.45. The van der Waals surface area contributed by atoms with E-state index in [1.54, 1.807) is 12.1 Å². The summed E-state index contributed by atoms with van der Waals surface area (Å²) in [5.41, 5.74) is 4.24. The average Bonchev–Trinajstić information content (AvgIpc) is 3.43. The standard InChI is InChI=1S/C31H28ClN3O2/c1-37-29-20-18-27(30(32)34-29)28(36)19-17-26-21-35(22-33-26)31(23-11-5-2-6-12-23,24-13-7-3-8-14-24)25-15-9-4-10-16-25/h2-16,18,20-22,28,36H,17,19H2,1H3. The molecule has 0 aliphatic carbocycles. The first-order valence-electron chi connectivity index (χ1n) is 12.2. The summed E-state index contributed by atoms with van der Waals surface area (Å²) in [5, 5.41) is 11.1. The van der Waals surface area contributed by atoms with E-state index in [1.807, 2.05) is 24.5 Å². The number of aliphatic hydroxyl groups excluding tert-OH is 1. The van der Waals surface area contributed by atoms with Crippen LogP contribution in [0.3, 0.4) is 0 Å². The van der Waals surface area contributed by atoms with E-state index in [-0.39, 0.29) is 5.15 Å². The molecule has 0 saturated heterocycles. The number of pyridine rings is 1. The van der Waals surface area contributed by atoms with Gasteiger partial charge in [0.2, 0.25) is 5.88 Å². The Morgan fingerprint density at radius 3 is 1.86 bits per heavy atom. The van der Waals surface area contributed by atoms with Gasteiger partial charge in [0.25, 0.3) is 0 Å². The minimum atomic E-state index is -0.766. The van der Waals surface area contributed by atoms with Crippen LogP contribution in [0.1, 0.15) is 40.5 Å². The first-order chi connectivity index (χ1) is 18.1. The number of benzene rings is 3. The van der Waals surface area contributed by atoms with Crippen LogP contribution in [-0.2, 0) is 12.0 Å². The zero-order chi connectivity index (χ0) is 25.7. The van der Waals surface area contributed by atoms with Gasteiger partial charge in [-0.15, -0.1) is 0 Å². The number of ether oxygens (including phenoxy) is 1. The van der Waals surface area contributed by atoms with Gasteiger partial charge in [-0.1, -0.05) is 103 Å². The van der Waals surface area contributed by atoms with Crippen LogP contribution in [0.5, 0.6) is 5.88 Å². The van der Waals surface area contributed by atoms with Gasteiger partial charge in [-0.25, -0.2) is 9.97 Å². The van der Waals surface area contributed by atoms with Gasteiger partial charge in [-0.3, -0.25) is 0 Å². The quantitative estimate of drug-likeness (QED) is 0.183. The van der Waals surface area contributed by atoms with Crippen LogP contribution in [0.25, 0.3) is 0 Å². The Bertz CT molecular complexity index is 1340. The largest absolute Gasteiger partial charge is 0.481 e. The molecule has 3 aromatic carbocycles. The number of methoxy groups -OCH3 is 1. The summed E-state index contributed by atoms with van der Waals surface area (Å²) in [6.07, 6.45) is 4.23. The average molecular weight is 510 g/mol. The van der Waals surface area contributed by atoms with Crippen molar-refractivity contribution in [3.8, 4) is 5.88 Å². The lowest BCUT2D eigenvalue weighted by atomic mass is 9.77. The Labute approximate surface area is 222 Å². The second kappa shape index (κ2) is 11.0. The molecule has 0 spiro atoms. The molecule has 0 fully saturated rings. The van der Waals surface area contributed by atoms with E-state index in [4.69, 9.17) is 21.3 Å². The Hall–Kier alpha value is -3.93. The van der Waals surface area contributed by atoms with Crippen molar-refractivity contribution in [2.75, 3.05) is 7.11 Å². The molecule has 5 rings (SSSR count). The van der Waals surface area contributed by atoms with Crippen molar-refractivity contribution in [2.45, 2.75) is 24.5 Å². The molecule has 1 unspecified atom stereocenters. The fourth-order valence-electron chi connectivity index (χ4n) is 4.89. The molecular weight excluding hydrogens is 482 g/mol. The highest BCUT2D eigenvalue weighted by molar-refractivity contribution is 6.30. The maximum absolute atomic E-state index is 10.8. The Morgan fingerprint density at radius 1 is 0.838 bits per heavy atom. The minimum Gasteiger partial charge on any atom is -0.481 e. The number of hydrogen-bond donors (Lipinski definition) is 1. The van der Waals surface area contributed by atoms with Crippen LogP contribution in [0.4, 0.5) is 0 Å². The summed E-state index contributed by atoms with van der Waals surface area (Å²) >= 11 is 6.28. The molecule has 2 heterocycles. The Morgan fingerprint density at radius 2 is 1.38 bits per heavy atom. The monoisotopic (exact) mass is 509 g/mol. The zero-order valence-corrected chi connectivity index (χ0v) is 21.3. The molecule has 186 valence electrons. The fourth-order valence-corrected chi connectivity index (χ4v) is 5.16. The number of aliphatic hydroxyl groups is 1. The third-order valence-corrected chi connectivity index (χ3v) is 6.99. The Balaban J connectivity index is 1.52. The van der Waals surface area contributed by atoms with Gasteiger partial charge in [0.05, 0.1) is 25.2 Å². The smallest absolute Gasteiger partial charge is 0.214 e. The molecule has 0 amide bonds. The zero-order valence-electron chi connectivity index (χ0n) is 20.5. The third-order valence-electron chi connectivity index (χ3n) is 6.69. The molecule has 2 aromatic heterocycles.